The first kappa shape index (κ1) is 8.87. The van der Waals surface area contributed by atoms with E-state index in [9.17, 15) is 4.39 Å². The van der Waals surface area contributed by atoms with Crippen LogP contribution in [0.15, 0.2) is 28.8 Å². The van der Waals surface area contributed by atoms with Crippen molar-refractivity contribution in [3.63, 3.8) is 0 Å². The van der Waals surface area contributed by atoms with Gasteiger partial charge in [0, 0.05) is 6.42 Å². The van der Waals surface area contributed by atoms with Crippen LogP contribution in [0.2, 0.25) is 0 Å². The molecule has 0 aliphatic rings. The van der Waals surface area contributed by atoms with Gasteiger partial charge in [0.2, 0.25) is 11.7 Å². The van der Waals surface area contributed by atoms with Gasteiger partial charge in [-0.3, -0.25) is 0 Å². The van der Waals surface area contributed by atoms with Gasteiger partial charge in [-0.2, -0.15) is 4.98 Å². The molecule has 0 amide bonds. The third-order valence-corrected chi connectivity index (χ3v) is 1.89. The minimum Gasteiger partial charge on any atom is -0.339 e. The van der Waals surface area contributed by atoms with Crippen molar-refractivity contribution in [1.29, 1.82) is 0 Å². The van der Waals surface area contributed by atoms with Gasteiger partial charge in [0.1, 0.15) is 5.82 Å². The number of benzene rings is 1. The van der Waals surface area contributed by atoms with Gasteiger partial charge in [-0.25, -0.2) is 4.39 Å². The minimum absolute atomic E-state index is 0.306. The van der Waals surface area contributed by atoms with Crippen LogP contribution in [0.25, 0.3) is 11.4 Å². The third kappa shape index (κ3) is 1.51. The van der Waals surface area contributed by atoms with E-state index >= 15 is 0 Å². The fourth-order valence-electron chi connectivity index (χ4n) is 1.15. The van der Waals surface area contributed by atoms with Crippen molar-refractivity contribution in [2.75, 3.05) is 0 Å². The molecule has 0 unspecified atom stereocenters. The fourth-order valence-corrected chi connectivity index (χ4v) is 1.15. The van der Waals surface area contributed by atoms with Crippen LogP contribution in [0.3, 0.4) is 0 Å². The van der Waals surface area contributed by atoms with Crippen molar-refractivity contribution in [3.8, 4) is 11.4 Å². The monoisotopic (exact) mass is 192 g/mol. The summed E-state index contributed by atoms with van der Waals surface area (Å²) in [5.41, 5.74) is 0.371. The van der Waals surface area contributed by atoms with Crippen LogP contribution in [0.1, 0.15) is 12.8 Å². The van der Waals surface area contributed by atoms with Gasteiger partial charge in [-0.15, -0.1) is 0 Å². The predicted octanol–water partition coefficient (Wildman–Crippen LogP) is 2.44. The van der Waals surface area contributed by atoms with E-state index in [-0.39, 0.29) is 5.82 Å². The number of halogens is 1. The Morgan fingerprint density at radius 1 is 1.36 bits per heavy atom. The van der Waals surface area contributed by atoms with E-state index in [0.717, 1.165) is 0 Å². The maximum absolute atomic E-state index is 13.3. The molecule has 72 valence electrons. The van der Waals surface area contributed by atoms with Crippen LogP contribution in [-0.4, -0.2) is 10.1 Å². The summed E-state index contributed by atoms with van der Waals surface area (Å²) in [5.74, 6) is 0.485. The average molecular weight is 192 g/mol. The molecule has 1 aromatic carbocycles. The van der Waals surface area contributed by atoms with E-state index in [4.69, 9.17) is 4.52 Å². The molecule has 0 fully saturated rings. The molecule has 0 bridgehead atoms. The normalized spacial score (nSPS) is 10.4. The highest BCUT2D eigenvalue weighted by Crippen LogP contribution is 2.18. The topological polar surface area (TPSA) is 38.9 Å². The molecule has 2 aromatic rings. The quantitative estimate of drug-likeness (QED) is 0.733. The molecule has 4 heteroatoms. The molecular formula is C10H9FN2O. The first-order valence-corrected chi connectivity index (χ1v) is 4.38. The Hall–Kier alpha value is -1.71. The van der Waals surface area contributed by atoms with E-state index < -0.39 is 0 Å². The number of hydrogen-bond acceptors (Lipinski definition) is 3. The van der Waals surface area contributed by atoms with Gasteiger partial charge in [0.25, 0.3) is 0 Å². The highest BCUT2D eigenvalue weighted by atomic mass is 19.1. The standard InChI is InChI=1S/C10H9FN2O/c1-2-9-12-10(13-14-9)7-5-3-4-6-8(7)11/h3-6H,2H2,1H3. The zero-order chi connectivity index (χ0) is 9.97. The maximum Gasteiger partial charge on any atom is 0.226 e. The summed E-state index contributed by atoms with van der Waals surface area (Å²) < 4.78 is 18.2. The maximum atomic E-state index is 13.3. The highest BCUT2D eigenvalue weighted by Gasteiger charge is 2.10. The molecule has 0 aliphatic heterocycles. The number of rotatable bonds is 2. The molecule has 0 aliphatic carbocycles. The van der Waals surface area contributed by atoms with Crippen LogP contribution < -0.4 is 0 Å². The number of nitrogens with zero attached hydrogens (tertiary/aromatic N) is 2. The molecule has 0 radical (unpaired) electrons. The van der Waals surface area contributed by atoms with Crippen LogP contribution >= 0.6 is 0 Å². The number of aryl methyl sites for hydroxylation is 1. The molecule has 0 saturated heterocycles. The van der Waals surface area contributed by atoms with Crippen molar-refractivity contribution in [2.24, 2.45) is 0 Å². The van der Waals surface area contributed by atoms with Crippen molar-refractivity contribution < 1.29 is 8.91 Å². The van der Waals surface area contributed by atoms with Crippen molar-refractivity contribution >= 4 is 0 Å². The molecular weight excluding hydrogens is 183 g/mol. The lowest BCUT2D eigenvalue weighted by Gasteiger charge is -1.94. The fraction of sp³-hybridized carbons (Fsp3) is 0.200. The third-order valence-electron chi connectivity index (χ3n) is 1.89. The highest BCUT2D eigenvalue weighted by molar-refractivity contribution is 5.54. The van der Waals surface area contributed by atoms with Crippen LogP contribution in [0, 0.1) is 5.82 Å². The lowest BCUT2D eigenvalue weighted by Crippen LogP contribution is -1.86. The Labute approximate surface area is 80.6 Å². The summed E-state index contributed by atoms with van der Waals surface area (Å²) >= 11 is 0. The van der Waals surface area contributed by atoms with Gasteiger partial charge in [-0.05, 0) is 12.1 Å². The summed E-state index contributed by atoms with van der Waals surface area (Å²) in [7, 11) is 0. The molecule has 14 heavy (non-hydrogen) atoms. The first-order chi connectivity index (χ1) is 6.81. The Morgan fingerprint density at radius 2 is 2.14 bits per heavy atom. The summed E-state index contributed by atoms with van der Waals surface area (Å²) in [6.07, 6.45) is 0.654. The molecule has 0 atom stereocenters. The van der Waals surface area contributed by atoms with Gasteiger partial charge in [0.05, 0.1) is 5.56 Å². The molecule has 0 N–H and O–H groups in total. The van der Waals surface area contributed by atoms with Crippen LogP contribution in [0.5, 0.6) is 0 Å². The molecule has 3 nitrogen and oxygen atoms in total. The lowest BCUT2D eigenvalue weighted by molar-refractivity contribution is 0.382. The second-order valence-corrected chi connectivity index (χ2v) is 2.85. The Balaban J connectivity index is 2.44. The predicted molar refractivity (Wildman–Crippen MR) is 49.1 cm³/mol. The number of aromatic nitrogens is 2. The summed E-state index contributed by atoms with van der Waals surface area (Å²) in [5, 5.41) is 3.69. The molecule has 0 spiro atoms. The molecule has 0 saturated carbocycles. The van der Waals surface area contributed by atoms with Crippen molar-refractivity contribution in [1.82, 2.24) is 10.1 Å². The first-order valence-electron chi connectivity index (χ1n) is 4.38. The van der Waals surface area contributed by atoms with E-state index in [0.29, 0.717) is 23.7 Å². The van der Waals surface area contributed by atoms with E-state index in [1.165, 1.54) is 6.07 Å². The van der Waals surface area contributed by atoms with Gasteiger partial charge in [0.15, 0.2) is 0 Å². The van der Waals surface area contributed by atoms with Crippen molar-refractivity contribution in [3.05, 3.63) is 36.0 Å². The van der Waals surface area contributed by atoms with E-state index in [1.54, 1.807) is 18.2 Å². The molecule has 2 rings (SSSR count). The smallest absolute Gasteiger partial charge is 0.226 e. The Morgan fingerprint density at radius 3 is 2.79 bits per heavy atom. The molecule has 1 heterocycles. The largest absolute Gasteiger partial charge is 0.339 e. The minimum atomic E-state index is -0.337. The number of hydrogen-bond donors (Lipinski definition) is 0. The zero-order valence-electron chi connectivity index (χ0n) is 7.70. The van der Waals surface area contributed by atoms with E-state index in [2.05, 4.69) is 10.1 Å². The van der Waals surface area contributed by atoms with E-state index in [1.807, 2.05) is 6.92 Å². The van der Waals surface area contributed by atoms with Crippen LogP contribution in [-0.2, 0) is 6.42 Å². The lowest BCUT2D eigenvalue weighted by atomic mass is 10.2. The Kier molecular flexibility index (Phi) is 2.26. The van der Waals surface area contributed by atoms with Gasteiger partial charge >= 0.3 is 0 Å². The SMILES string of the molecule is CCc1nc(-c2ccccc2F)no1. The van der Waals surface area contributed by atoms with Gasteiger partial charge in [-0.1, -0.05) is 24.2 Å². The summed E-state index contributed by atoms with van der Waals surface area (Å²) in [4.78, 5) is 4.04. The average Bonchev–Trinajstić information content (AvgIpc) is 2.67. The summed E-state index contributed by atoms with van der Waals surface area (Å²) in [6.45, 7) is 1.90. The molecule has 1 aromatic heterocycles. The Bertz CT molecular complexity index is 439. The van der Waals surface area contributed by atoms with Crippen molar-refractivity contribution in [2.45, 2.75) is 13.3 Å². The van der Waals surface area contributed by atoms with Gasteiger partial charge < -0.3 is 4.52 Å². The van der Waals surface area contributed by atoms with Crippen LogP contribution in [0.4, 0.5) is 4.39 Å². The zero-order valence-corrected chi connectivity index (χ0v) is 7.70. The second-order valence-electron chi connectivity index (χ2n) is 2.85. The summed E-state index contributed by atoms with van der Waals surface area (Å²) in [6, 6.07) is 6.36. The second kappa shape index (κ2) is 3.57.